The van der Waals surface area contributed by atoms with Crippen LogP contribution in [0.15, 0.2) is 11.8 Å². The van der Waals surface area contributed by atoms with Crippen molar-refractivity contribution in [2.75, 3.05) is 26.4 Å². The number of carbonyl (C=O) groups excluding carboxylic acids is 1. The fourth-order valence-electron chi connectivity index (χ4n) is 1.61. The molecule has 0 spiro atoms. The molecule has 0 bridgehead atoms. The number of aliphatic hydroxyl groups is 1. The van der Waals surface area contributed by atoms with Gasteiger partial charge in [-0.15, -0.1) is 0 Å². The standard InChI is InChI=1S/C12H22N2O3/c15-7-3-1-2-6-13-12(16)14-10-11-4-8-17-9-5-11/h10,15H,1-9H2,(H2,13,14,16). The Labute approximate surface area is 102 Å². The molecule has 0 aromatic heterocycles. The Balaban J connectivity index is 2.04. The van der Waals surface area contributed by atoms with E-state index in [9.17, 15) is 4.79 Å². The second-order valence-corrected chi connectivity index (χ2v) is 4.10. The number of unbranched alkanes of at least 4 members (excludes halogenated alkanes) is 2. The van der Waals surface area contributed by atoms with Crippen LogP contribution in [0.3, 0.4) is 0 Å². The molecule has 0 atom stereocenters. The molecule has 3 N–H and O–H groups in total. The third-order valence-corrected chi connectivity index (χ3v) is 2.66. The first-order chi connectivity index (χ1) is 8.33. The SMILES string of the molecule is O=C(NC=C1CCOCC1)NCCCCCO. The molecule has 0 aromatic rings. The minimum Gasteiger partial charge on any atom is -0.396 e. The number of urea groups is 1. The third-order valence-electron chi connectivity index (χ3n) is 2.66. The van der Waals surface area contributed by atoms with Gasteiger partial charge in [-0.2, -0.15) is 0 Å². The molecule has 2 amide bonds. The predicted molar refractivity (Wildman–Crippen MR) is 65.6 cm³/mol. The van der Waals surface area contributed by atoms with Gasteiger partial charge in [0.2, 0.25) is 0 Å². The first-order valence-corrected chi connectivity index (χ1v) is 6.24. The van der Waals surface area contributed by atoms with Gasteiger partial charge in [-0.25, -0.2) is 4.79 Å². The Kier molecular flexibility index (Phi) is 7.42. The normalized spacial score (nSPS) is 15.5. The Bertz CT molecular complexity index is 246. The lowest BCUT2D eigenvalue weighted by Gasteiger charge is -2.14. The number of hydrogen-bond acceptors (Lipinski definition) is 3. The molecular weight excluding hydrogens is 220 g/mol. The topological polar surface area (TPSA) is 70.6 Å². The summed E-state index contributed by atoms with van der Waals surface area (Å²) in [4.78, 5) is 11.4. The second-order valence-electron chi connectivity index (χ2n) is 4.10. The summed E-state index contributed by atoms with van der Waals surface area (Å²) < 4.78 is 5.22. The summed E-state index contributed by atoms with van der Waals surface area (Å²) in [6, 6.07) is -0.159. The highest BCUT2D eigenvalue weighted by Crippen LogP contribution is 2.11. The molecule has 0 saturated carbocycles. The molecule has 1 fully saturated rings. The van der Waals surface area contributed by atoms with Gasteiger partial charge in [-0.3, -0.25) is 0 Å². The van der Waals surface area contributed by atoms with Gasteiger partial charge in [0.25, 0.3) is 0 Å². The van der Waals surface area contributed by atoms with E-state index in [1.54, 1.807) is 6.20 Å². The van der Waals surface area contributed by atoms with Crippen LogP contribution >= 0.6 is 0 Å². The lowest BCUT2D eigenvalue weighted by atomic mass is 10.1. The second kappa shape index (κ2) is 9.01. The van der Waals surface area contributed by atoms with Gasteiger partial charge in [0.15, 0.2) is 0 Å². The Morgan fingerprint density at radius 3 is 2.76 bits per heavy atom. The molecule has 98 valence electrons. The van der Waals surface area contributed by atoms with Crippen molar-refractivity contribution in [3.63, 3.8) is 0 Å². The lowest BCUT2D eigenvalue weighted by molar-refractivity contribution is 0.119. The van der Waals surface area contributed by atoms with Gasteiger partial charge in [0, 0.05) is 19.4 Å². The van der Waals surface area contributed by atoms with Crippen LogP contribution in [0, 0.1) is 0 Å². The molecule has 17 heavy (non-hydrogen) atoms. The van der Waals surface area contributed by atoms with Gasteiger partial charge in [0.1, 0.15) is 0 Å². The highest BCUT2D eigenvalue weighted by molar-refractivity contribution is 5.74. The molecule has 5 heteroatoms. The van der Waals surface area contributed by atoms with Gasteiger partial charge in [-0.05, 0) is 37.7 Å². The molecule has 0 unspecified atom stereocenters. The molecule has 1 aliphatic heterocycles. The molecule has 0 radical (unpaired) electrons. The smallest absolute Gasteiger partial charge is 0.318 e. The molecular formula is C12H22N2O3. The molecule has 0 aromatic carbocycles. The number of carbonyl (C=O) groups is 1. The van der Waals surface area contributed by atoms with E-state index in [0.29, 0.717) is 6.54 Å². The Morgan fingerprint density at radius 1 is 1.29 bits per heavy atom. The van der Waals surface area contributed by atoms with Gasteiger partial charge < -0.3 is 20.5 Å². The summed E-state index contributed by atoms with van der Waals surface area (Å²) in [5.74, 6) is 0. The first-order valence-electron chi connectivity index (χ1n) is 6.24. The van der Waals surface area contributed by atoms with Crippen molar-refractivity contribution >= 4 is 6.03 Å². The van der Waals surface area contributed by atoms with Crippen LogP contribution in [0.4, 0.5) is 4.79 Å². The van der Waals surface area contributed by atoms with Crippen LogP contribution in [0.2, 0.25) is 0 Å². The van der Waals surface area contributed by atoms with Crippen LogP contribution in [-0.2, 0) is 4.74 Å². The fraction of sp³-hybridized carbons (Fsp3) is 0.750. The number of amides is 2. The molecule has 5 nitrogen and oxygen atoms in total. The van der Waals surface area contributed by atoms with Crippen LogP contribution < -0.4 is 10.6 Å². The van der Waals surface area contributed by atoms with Crippen molar-refractivity contribution in [1.29, 1.82) is 0 Å². The van der Waals surface area contributed by atoms with E-state index < -0.39 is 0 Å². The largest absolute Gasteiger partial charge is 0.396 e. The van der Waals surface area contributed by atoms with Crippen LogP contribution in [0.25, 0.3) is 0 Å². The molecule has 0 aliphatic carbocycles. The summed E-state index contributed by atoms with van der Waals surface area (Å²) >= 11 is 0. The molecule has 1 rings (SSSR count). The number of ether oxygens (including phenoxy) is 1. The number of aliphatic hydroxyl groups excluding tert-OH is 1. The monoisotopic (exact) mass is 242 g/mol. The first kappa shape index (κ1) is 14.0. The Morgan fingerprint density at radius 2 is 2.06 bits per heavy atom. The maximum Gasteiger partial charge on any atom is 0.318 e. The van der Waals surface area contributed by atoms with E-state index in [1.165, 1.54) is 5.57 Å². The molecule has 1 aliphatic rings. The van der Waals surface area contributed by atoms with E-state index in [1.807, 2.05) is 0 Å². The van der Waals surface area contributed by atoms with Crippen LogP contribution in [-0.4, -0.2) is 37.5 Å². The predicted octanol–water partition coefficient (Wildman–Crippen LogP) is 1.14. The summed E-state index contributed by atoms with van der Waals surface area (Å²) in [5.41, 5.74) is 1.23. The van der Waals surface area contributed by atoms with Crippen LogP contribution in [0.5, 0.6) is 0 Å². The van der Waals surface area contributed by atoms with Crippen molar-refractivity contribution < 1.29 is 14.6 Å². The van der Waals surface area contributed by atoms with Gasteiger partial charge in [0.05, 0.1) is 13.2 Å². The van der Waals surface area contributed by atoms with Crippen molar-refractivity contribution in [2.45, 2.75) is 32.1 Å². The lowest BCUT2D eigenvalue weighted by Crippen LogP contribution is -2.33. The number of nitrogens with one attached hydrogen (secondary N) is 2. The van der Waals surface area contributed by atoms with E-state index in [-0.39, 0.29) is 12.6 Å². The van der Waals surface area contributed by atoms with Crippen molar-refractivity contribution in [1.82, 2.24) is 10.6 Å². The zero-order valence-corrected chi connectivity index (χ0v) is 10.2. The molecule has 1 heterocycles. The zero-order chi connectivity index (χ0) is 12.3. The Hall–Kier alpha value is -1.07. The summed E-state index contributed by atoms with van der Waals surface area (Å²) in [5, 5.41) is 14.1. The quantitative estimate of drug-likeness (QED) is 0.612. The summed E-state index contributed by atoms with van der Waals surface area (Å²) in [6.07, 6.45) is 6.22. The highest BCUT2D eigenvalue weighted by atomic mass is 16.5. The summed E-state index contributed by atoms with van der Waals surface area (Å²) in [6.45, 7) is 2.37. The van der Waals surface area contributed by atoms with E-state index in [4.69, 9.17) is 9.84 Å². The van der Waals surface area contributed by atoms with Gasteiger partial charge >= 0.3 is 6.03 Å². The number of hydrogen-bond donors (Lipinski definition) is 3. The van der Waals surface area contributed by atoms with Crippen molar-refractivity contribution in [3.8, 4) is 0 Å². The van der Waals surface area contributed by atoms with E-state index in [2.05, 4.69) is 10.6 Å². The highest BCUT2D eigenvalue weighted by Gasteiger charge is 2.05. The zero-order valence-electron chi connectivity index (χ0n) is 10.2. The minimum absolute atomic E-state index is 0.159. The third kappa shape index (κ3) is 6.97. The summed E-state index contributed by atoms with van der Waals surface area (Å²) in [7, 11) is 0. The average Bonchev–Trinajstić information content (AvgIpc) is 2.37. The van der Waals surface area contributed by atoms with E-state index >= 15 is 0 Å². The van der Waals surface area contributed by atoms with E-state index in [0.717, 1.165) is 45.3 Å². The van der Waals surface area contributed by atoms with Gasteiger partial charge in [-0.1, -0.05) is 0 Å². The number of rotatable bonds is 6. The molecule has 1 saturated heterocycles. The van der Waals surface area contributed by atoms with Crippen LogP contribution in [0.1, 0.15) is 32.1 Å². The average molecular weight is 242 g/mol. The minimum atomic E-state index is -0.159. The van der Waals surface area contributed by atoms with Crippen molar-refractivity contribution in [2.24, 2.45) is 0 Å². The maximum atomic E-state index is 11.4. The van der Waals surface area contributed by atoms with Crippen molar-refractivity contribution in [3.05, 3.63) is 11.8 Å². The fourth-order valence-corrected chi connectivity index (χ4v) is 1.61. The maximum absolute atomic E-state index is 11.4.